The van der Waals surface area contributed by atoms with Gasteiger partial charge >= 0.3 is 0 Å². The van der Waals surface area contributed by atoms with Crippen molar-refractivity contribution in [2.24, 2.45) is 0 Å². The number of hydrogen-bond donors (Lipinski definition) is 0. The second-order valence-corrected chi connectivity index (χ2v) is 3.01. The first-order chi connectivity index (χ1) is 9.44. The fourth-order valence-electron chi connectivity index (χ4n) is 1.21. The van der Waals surface area contributed by atoms with Crippen molar-refractivity contribution in [1.82, 2.24) is 0 Å². The van der Waals surface area contributed by atoms with Crippen LogP contribution in [0.4, 0.5) is 13.2 Å². The molecule has 0 aromatic heterocycles. The van der Waals surface area contributed by atoms with Gasteiger partial charge in [-0.05, 0) is 6.04 Å². The Kier molecular flexibility index (Phi) is 3.44. The molecular weight excluding hydrogens is 257 g/mol. The first-order valence-corrected chi connectivity index (χ1v) is 4.46. The smallest absolute Gasteiger partial charge is 0.171 e. The normalized spacial score (nSPS) is 9.32. The maximum atomic E-state index is 13.8. The second kappa shape index (κ2) is 5.36. The summed E-state index contributed by atoms with van der Waals surface area (Å²) in [5.41, 5.74) is -2.05. The predicted octanol–water partition coefficient (Wildman–Crippen LogP) is 0.500. The summed E-state index contributed by atoms with van der Waals surface area (Å²) in [6.07, 6.45) is 0. The Hall–Kier alpha value is -3.29. The SMILES string of the molecule is [3H]c1c(F)c(=C(C#N)C#N)c(F)c(F)c1=C(C#N)C#N. The molecular formula is C12HF3N4. The molecule has 0 radical (unpaired) electrons. The molecule has 1 rings (SSSR count). The van der Waals surface area contributed by atoms with E-state index >= 15 is 0 Å². The van der Waals surface area contributed by atoms with Crippen LogP contribution in [0, 0.1) is 62.8 Å². The Bertz CT molecular complexity index is 750. The lowest BCUT2D eigenvalue weighted by molar-refractivity contribution is 0.479. The number of benzene rings is 1. The van der Waals surface area contributed by atoms with E-state index in [9.17, 15) is 13.2 Å². The molecule has 0 unspecified atom stereocenters. The van der Waals surface area contributed by atoms with Gasteiger partial charge in [0.1, 0.15) is 41.2 Å². The Morgan fingerprint density at radius 2 is 1.37 bits per heavy atom. The van der Waals surface area contributed by atoms with E-state index in [4.69, 9.17) is 22.4 Å². The highest BCUT2D eigenvalue weighted by Gasteiger charge is 2.16. The fraction of sp³-hybridized carbons (Fsp3) is 0. The van der Waals surface area contributed by atoms with Gasteiger partial charge < -0.3 is 0 Å². The van der Waals surface area contributed by atoms with Crippen LogP contribution in [-0.2, 0) is 0 Å². The van der Waals surface area contributed by atoms with Crippen LogP contribution in [0.2, 0.25) is 0 Å². The van der Waals surface area contributed by atoms with Crippen molar-refractivity contribution in [1.29, 1.82) is 21.0 Å². The van der Waals surface area contributed by atoms with Gasteiger partial charge in [0.2, 0.25) is 0 Å². The standard InChI is InChI=1S/C12HF3N4/c13-9-1-8(6(2-16)3-17)11(14)12(15)10(9)7(4-18)5-19/h1H/i1T. The van der Waals surface area contributed by atoms with E-state index in [-0.39, 0.29) is 0 Å². The third-order valence-corrected chi connectivity index (χ3v) is 2.03. The summed E-state index contributed by atoms with van der Waals surface area (Å²) in [7, 11) is 0. The van der Waals surface area contributed by atoms with Crippen molar-refractivity contribution in [3.05, 3.63) is 33.9 Å². The molecule has 7 heteroatoms. The largest absolute Gasteiger partial charge is 0.206 e. The average molecular weight is 260 g/mol. The molecule has 0 saturated heterocycles. The molecule has 0 saturated carbocycles. The maximum absolute atomic E-state index is 13.8. The van der Waals surface area contributed by atoms with Crippen molar-refractivity contribution in [2.45, 2.75) is 0 Å². The number of halogens is 3. The number of rotatable bonds is 0. The van der Waals surface area contributed by atoms with Gasteiger partial charge in [-0.1, -0.05) is 0 Å². The van der Waals surface area contributed by atoms with Crippen molar-refractivity contribution in [2.75, 3.05) is 0 Å². The molecule has 0 heterocycles. The molecule has 0 aliphatic heterocycles. The van der Waals surface area contributed by atoms with Crippen LogP contribution in [0.5, 0.6) is 0 Å². The monoisotopic (exact) mass is 260 g/mol. The average Bonchev–Trinajstić information content (AvgIpc) is 2.46. The van der Waals surface area contributed by atoms with Crippen LogP contribution in [-0.4, -0.2) is 0 Å². The van der Waals surface area contributed by atoms with Crippen LogP contribution in [0.1, 0.15) is 1.37 Å². The summed E-state index contributed by atoms with van der Waals surface area (Å²) in [5, 5.41) is 31.8. The van der Waals surface area contributed by atoms with Gasteiger partial charge in [0, 0.05) is 5.22 Å². The van der Waals surface area contributed by atoms with Crippen molar-refractivity contribution in [3.8, 4) is 24.3 Å². The first kappa shape index (κ1) is 12.2. The minimum absolute atomic E-state index is 0.993. The highest BCUT2D eigenvalue weighted by atomic mass is 19.2. The van der Waals surface area contributed by atoms with E-state index in [2.05, 4.69) is 0 Å². The summed E-state index contributed by atoms with van der Waals surface area (Å²) in [6, 6.07) is 3.47. The van der Waals surface area contributed by atoms with Crippen LogP contribution in [0.3, 0.4) is 0 Å². The second-order valence-electron chi connectivity index (χ2n) is 3.01. The summed E-state index contributed by atoms with van der Waals surface area (Å²) in [5.74, 6) is -5.44. The van der Waals surface area contributed by atoms with Gasteiger partial charge in [0.05, 0.1) is 6.59 Å². The predicted molar refractivity (Wildman–Crippen MR) is 54.8 cm³/mol. The molecule has 0 fully saturated rings. The molecule has 19 heavy (non-hydrogen) atoms. The van der Waals surface area contributed by atoms with Gasteiger partial charge in [0.25, 0.3) is 0 Å². The van der Waals surface area contributed by atoms with Crippen LogP contribution in [0.25, 0.3) is 11.1 Å². The third-order valence-electron chi connectivity index (χ3n) is 2.03. The number of nitriles is 4. The molecule has 1 aromatic rings. The molecule has 0 amide bonds. The lowest BCUT2D eigenvalue weighted by atomic mass is 10.1. The highest BCUT2D eigenvalue weighted by molar-refractivity contribution is 5.74. The summed E-state index contributed by atoms with van der Waals surface area (Å²) in [4.78, 5) is 0. The highest BCUT2D eigenvalue weighted by Crippen LogP contribution is 2.02. The van der Waals surface area contributed by atoms with E-state index in [1.807, 2.05) is 0 Å². The quantitative estimate of drug-likeness (QED) is 0.634. The van der Waals surface area contributed by atoms with Crippen LogP contribution >= 0.6 is 0 Å². The zero-order chi connectivity index (χ0) is 15.4. The van der Waals surface area contributed by atoms with Crippen molar-refractivity contribution >= 4 is 11.1 Å². The van der Waals surface area contributed by atoms with Gasteiger partial charge in [-0.25, -0.2) is 13.2 Å². The molecule has 0 bridgehead atoms. The molecule has 0 aliphatic carbocycles. The van der Waals surface area contributed by atoms with Gasteiger partial charge in [-0.15, -0.1) is 0 Å². The topological polar surface area (TPSA) is 95.2 Å². The lowest BCUT2D eigenvalue weighted by Gasteiger charge is -1.98. The van der Waals surface area contributed by atoms with E-state index in [1.54, 1.807) is 0 Å². The molecule has 0 spiro atoms. The molecule has 1 aromatic carbocycles. The van der Waals surface area contributed by atoms with Crippen molar-refractivity contribution in [3.63, 3.8) is 0 Å². The molecule has 4 nitrogen and oxygen atoms in total. The molecule has 0 aliphatic rings. The third kappa shape index (κ3) is 2.22. The first-order valence-electron chi connectivity index (χ1n) is 4.96. The fourth-order valence-corrected chi connectivity index (χ4v) is 1.21. The van der Waals surface area contributed by atoms with Gasteiger partial charge in [0.15, 0.2) is 11.6 Å². The van der Waals surface area contributed by atoms with Gasteiger partial charge in [-0.3, -0.25) is 0 Å². The van der Waals surface area contributed by atoms with E-state index in [1.165, 1.54) is 24.3 Å². The Morgan fingerprint density at radius 1 is 0.895 bits per heavy atom. The maximum Gasteiger partial charge on any atom is 0.171 e. The Labute approximate surface area is 106 Å². The van der Waals surface area contributed by atoms with E-state index in [0.29, 0.717) is 0 Å². The van der Waals surface area contributed by atoms with Crippen LogP contribution < -0.4 is 10.4 Å². The lowest BCUT2D eigenvalue weighted by Crippen LogP contribution is -2.26. The van der Waals surface area contributed by atoms with Gasteiger partial charge in [-0.2, -0.15) is 21.0 Å². The zero-order valence-corrected chi connectivity index (χ0v) is 8.92. The Balaban J connectivity index is 4.35. The molecule has 0 atom stereocenters. The molecule has 90 valence electrons. The minimum Gasteiger partial charge on any atom is -0.206 e. The number of hydrogen-bond acceptors (Lipinski definition) is 4. The zero-order valence-electron chi connectivity index (χ0n) is 9.92. The Morgan fingerprint density at radius 3 is 1.79 bits per heavy atom. The summed E-state index contributed by atoms with van der Waals surface area (Å²) >= 11 is 0. The van der Waals surface area contributed by atoms with E-state index < -0.39 is 45.1 Å². The van der Waals surface area contributed by atoms with Crippen molar-refractivity contribution < 1.29 is 14.5 Å². The summed E-state index contributed by atoms with van der Waals surface area (Å²) < 4.78 is 48.6. The van der Waals surface area contributed by atoms with Crippen LogP contribution in [0.15, 0.2) is 6.04 Å². The van der Waals surface area contributed by atoms with E-state index in [0.717, 1.165) is 0 Å². The minimum atomic E-state index is -1.91. The molecule has 0 N–H and O–H groups in total. The summed E-state index contributed by atoms with van der Waals surface area (Å²) in [6.45, 7) is 0. The number of nitrogens with zero attached hydrogens (tertiary/aromatic N) is 4.